The van der Waals surface area contributed by atoms with Crippen molar-refractivity contribution in [2.75, 3.05) is 13.1 Å². The summed E-state index contributed by atoms with van der Waals surface area (Å²) in [6, 6.07) is -1.91. The van der Waals surface area contributed by atoms with E-state index in [1.807, 2.05) is 20.8 Å². The number of ketones is 1. The second-order valence-corrected chi connectivity index (χ2v) is 18.2. The number of nitrogens with two attached hydrogens (primary N) is 1. The number of hydrogen-bond donors (Lipinski definition) is 6. The van der Waals surface area contributed by atoms with Crippen LogP contribution in [0.3, 0.4) is 0 Å². The Balaban J connectivity index is 1.52. The molecule has 0 bridgehead atoms. The minimum absolute atomic E-state index is 0.104. The Kier molecular flexibility index (Phi) is 14.6. The molecule has 2 saturated carbocycles. The lowest BCUT2D eigenvalue weighted by molar-refractivity contribution is -0.143. The summed E-state index contributed by atoms with van der Waals surface area (Å²) < 4.78 is 21.3. The molecule has 5 amide bonds. The van der Waals surface area contributed by atoms with Crippen molar-refractivity contribution in [1.82, 2.24) is 26.2 Å². The number of rotatable bonds is 17. The molecule has 2 aliphatic carbocycles. The van der Waals surface area contributed by atoms with Gasteiger partial charge in [-0.2, -0.15) is 4.55 Å². The highest BCUT2D eigenvalue weighted by Gasteiger charge is 2.47. The van der Waals surface area contributed by atoms with Gasteiger partial charge in [-0.15, -0.1) is 11.3 Å². The number of carbonyl (C=O) groups excluding carboxylic acids is 5. The number of amides is 5. The highest BCUT2D eigenvalue weighted by Crippen LogP contribution is 2.36. The predicted octanol–water partition coefficient (Wildman–Crippen LogP) is 3.63. The summed E-state index contributed by atoms with van der Waals surface area (Å²) in [6.07, 6.45) is 7.97. The van der Waals surface area contributed by atoms with Crippen LogP contribution >= 0.6 is 11.3 Å². The van der Waals surface area contributed by atoms with Gasteiger partial charge in [-0.3, -0.25) is 19.2 Å². The number of thiophene rings is 1. The van der Waals surface area contributed by atoms with E-state index in [-0.39, 0.29) is 41.0 Å². The van der Waals surface area contributed by atoms with Crippen LogP contribution in [0.25, 0.3) is 0 Å². The highest BCUT2D eigenvalue weighted by molar-refractivity contribution is 7.79. The third-order valence-electron chi connectivity index (χ3n) is 10.6. The molecule has 3 fully saturated rings. The first-order valence-electron chi connectivity index (χ1n) is 18.5. The molecular weight excluding hydrogens is 693 g/mol. The molecule has 15 heteroatoms. The molecule has 1 aromatic heterocycles. The van der Waals surface area contributed by atoms with Crippen LogP contribution in [0.1, 0.15) is 104 Å². The van der Waals surface area contributed by atoms with E-state index in [4.69, 9.17) is 5.73 Å². The molecule has 1 saturated heterocycles. The Hall–Kier alpha value is -2.88. The average molecular weight is 752 g/mol. The van der Waals surface area contributed by atoms with E-state index in [2.05, 4.69) is 35.1 Å². The lowest BCUT2D eigenvalue weighted by Gasteiger charge is -2.37. The molecular formula is C36H59N6O7S2+. The van der Waals surface area contributed by atoms with E-state index < -0.39 is 52.8 Å². The summed E-state index contributed by atoms with van der Waals surface area (Å²) in [4.78, 5) is 69.8. The van der Waals surface area contributed by atoms with Gasteiger partial charge >= 0.3 is 6.03 Å². The molecule has 286 valence electrons. The van der Waals surface area contributed by atoms with Gasteiger partial charge in [0.2, 0.25) is 33.6 Å². The van der Waals surface area contributed by atoms with E-state index in [1.54, 1.807) is 16.3 Å². The van der Waals surface area contributed by atoms with Crippen LogP contribution in [0.2, 0.25) is 0 Å². The molecule has 0 spiro atoms. The maximum atomic E-state index is 14.6. The molecule has 0 radical (unpaired) electrons. The molecule has 4 rings (SSSR count). The number of thiol groups is 1. The minimum atomic E-state index is -2.46. The largest absolute Gasteiger partial charge is 0.363 e. The fourth-order valence-electron chi connectivity index (χ4n) is 7.57. The van der Waals surface area contributed by atoms with Crippen molar-refractivity contribution < 1.29 is 32.7 Å². The Morgan fingerprint density at radius 2 is 1.69 bits per heavy atom. The van der Waals surface area contributed by atoms with Crippen molar-refractivity contribution in [2.45, 2.75) is 134 Å². The lowest BCUT2D eigenvalue weighted by atomic mass is 9.83. The number of primary amides is 1. The van der Waals surface area contributed by atoms with Gasteiger partial charge in [-0.05, 0) is 66.6 Å². The Morgan fingerprint density at radius 1 is 1.00 bits per heavy atom. The Morgan fingerprint density at radius 3 is 2.27 bits per heavy atom. The average Bonchev–Trinajstić information content (AvgIpc) is 3.58. The number of nitrogens with zero attached hydrogens (tertiary/aromatic N) is 1. The van der Waals surface area contributed by atoms with E-state index in [0.29, 0.717) is 43.8 Å². The normalized spacial score (nSPS) is 22.2. The Labute approximate surface area is 308 Å². The predicted molar refractivity (Wildman–Crippen MR) is 198 cm³/mol. The van der Waals surface area contributed by atoms with Crippen LogP contribution in [-0.2, 0) is 41.0 Å². The number of hydrogen-bond acceptors (Lipinski definition) is 8. The highest BCUT2D eigenvalue weighted by atomic mass is 32.2. The molecule has 2 heterocycles. The molecule has 51 heavy (non-hydrogen) atoms. The van der Waals surface area contributed by atoms with Gasteiger partial charge in [0.25, 0.3) is 5.91 Å². The third kappa shape index (κ3) is 11.6. The van der Waals surface area contributed by atoms with Crippen LogP contribution in [0.4, 0.5) is 4.79 Å². The summed E-state index contributed by atoms with van der Waals surface area (Å²) >= 11 is -1.06. The topological polar surface area (TPSA) is 200 Å². The number of likely N-dealkylation sites (tertiary alicyclic amines) is 1. The SMILES string of the molecule is CC(C)C[C@H]1CCN(C(=O)[C@@H](NC(=O)N[C@H](CNCc2sccc2[SH+](=O)O)C(C)(C)C)C2CCCCC2)[C@@H]1C(=O)NC(CC1CC1)C(=O)C(N)=O. The zero-order valence-electron chi connectivity index (χ0n) is 30.7. The number of nitrogens with one attached hydrogen (secondary N) is 4. The van der Waals surface area contributed by atoms with Gasteiger partial charge in [0.05, 0.1) is 10.9 Å². The first-order valence-corrected chi connectivity index (χ1v) is 20.6. The molecule has 6 atom stereocenters. The van der Waals surface area contributed by atoms with Crippen molar-refractivity contribution in [3.63, 3.8) is 0 Å². The first kappa shape index (κ1) is 40.9. The van der Waals surface area contributed by atoms with Crippen molar-refractivity contribution in [2.24, 2.45) is 34.8 Å². The summed E-state index contributed by atoms with van der Waals surface area (Å²) in [5.74, 6) is -2.43. The smallest absolute Gasteiger partial charge is 0.315 e. The van der Waals surface area contributed by atoms with Crippen molar-refractivity contribution in [3.05, 3.63) is 16.3 Å². The minimum Gasteiger partial charge on any atom is -0.363 e. The van der Waals surface area contributed by atoms with Gasteiger partial charge in [0, 0.05) is 31.7 Å². The summed E-state index contributed by atoms with van der Waals surface area (Å²) in [6.45, 7) is 11.3. The standard InChI is InChI=1S/C36H58N6O7S2/c1-21(2)17-24-13-15-42(30(24)33(45)39-25(18-22-11-12-22)31(43)32(37)44)34(46)29(23-9-7-6-8-10-23)41-35(47)40-28(36(3,4)5)20-38-19-26-27(51(48)49)14-16-50-26/h14,16,21-25,28-30,38H,6-13,15,17-20H2,1-5H3,(H2,37,44)(H,39,45)(H,48,49)(H2,40,41,47)/p+1/t24-,25?,28-,29+,30+/m1/s1. The van der Waals surface area contributed by atoms with Crippen molar-refractivity contribution in [3.8, 4) is 0 Å². The fourth-order valence-corrected chi connectivity index (χ4v) is 9.30. The van der Waals surface area contributed by atoms with Gasteiger partial charge in [0.15, 0.2) is 0 Å². The number of Topliss-reactive ketones (excluding diaryl/α,β-unsaturated/α-hetero) is 1. The zero-order valence-corrected chi connectivity index (χ0v) is 32.5. The molecule has 0 aromatic carbocycles. The van der Waals surface area contributed by atoms with Crippen LogP contribution in [0.5, 0.6) is 0 Å². The Bertz CT molecular complexity index is 1420. The maximum Gasteiger partial charge on any atom is 0.315 e. The maximum absolute atomic E-state index is 14.6. The van der Waals surface area contributed by atoms with E-state index in [9.17, 15) is 32.7 Å². The molecule has 7 N–H and O–H groups in total. The number of urea groups is 1. The monoisotopic (exact) mass is 751 g/mol. The van der Waals surface area contributed by atoms with Crippen molar-refractivity contribution >= 4 is 52.0 Å². The van der Waals surface area contributed by atoms with Crippen LogP contribution in [0, 0.1) is 29.1 Å². The second kappa shape index (κ2) is 18.2. The summed E-state index contributed by atoms with van der Waals surface area (Å²) in [5.41, 5.74) is 4.99. The van der Waals surface area contributed by atoms with E-state index in [0.717, 1.165) is 49.8 Å². The van der Waals surface area contributed by atoms with Gasteiger partial charge in [-0.1, -0.05) is 70.9 Å². The lowest BCUT2D eigenvalue weighted by Crippen LogP contribution is -2.61. The number of carbonyl (C=O) groups is 5. The molecule has 1 aliphatic heterocycles. The van der Waals surface area contributed by atoms with Crippen LogP contribution in [-0.4, -0.2) is 76.2 Å². The van der Waals surface area contributed by atoms with Crippen molar-refractivity contribution in [1.29, 1.82) is 0 Å². The van der Waals surface area contributed by atoms with Gasteiger partial charge in [0.1, 0.15) is 12.1 Å². The summed E-state index contributed by atoms with van der Waals surface area (Å²) in [7, 11) is 0. The first-order chi connectivity index (χ1) is 24.1. The van der Waals surface area contributed by atoms with E-state index in [1.165, 1.54) is 11.3 Å². The third-order valence-corrected chi connectivity index (χ3v) is 12.5. The van der Waals surface area contributed by atoms with E-state index >= 15 is 0 Å². The summed E-state index contributed by atoms with van der Waals surface area (Å²) in [5, 5.41) is 14.0. The molecule has 2 unspecified atom stereocenters. The van der Waals surface area contributed by atoms with Crippen LogP contribution in [0.15, 0.2) is 16.3 Å². The quantitative estimate of drug-likeness (QED) is 0.0788. The zero-order chi connectivity index (χ0) is 37.5. The molecule has 3 aliphatic rings. The van der Waals surface area contributed by atoms with Crippen LogP contribution < -0.4 is 27.0 Å². The second-order valence-electron chi connectivity index (χ2n) is 16.2. The van der Waals surface area contributed by atoms with Gasteiger partial charge in [-0.25, -0.2) is 4.79 Å². The molecule has 13 nitrogen and oxygen atoms in total. The van der Waals surface area contributed by atoms with Gasteiger partial charge < -0.3 is 31.9 Å². The molecule has 1 aromatic rings. The fraction of sp³-hybridized carbons (Fsp3) is 0.750.